The molecular formula is C25H26F3NO4. The molecule has 1 aliphatic heterocycles. The summed E-state index contributed by atoms with van der Waals surface area (Å²) < 4.78 is 44.3. The van der Waals surface area contributed by atoms with Crippen LogP contribution in [0.2, 0.25) is 0 Å². The van der Waals surface area contributed by atoms with Crippen LogP contribution in [0.15, 0.2) is 48.5 Å². The van der Waals surface area contributed by atoms with Crippen molar-refractivity contribution >= 4 is 11.9 Å². The van der Waals surface area contributed by atoms with E-state index in [2.05, 4.69) is 0 Å². The van der Waals surface area contributed by atoms with Crippen LogP contribution in [0.1, 0.15) is 42.5 Å². The molecule has 176 valence electrons. The fraction of sp³-hybridized carbons (Fsp3) is 0.440. The molecule has 4 rings (SSSR count). The highest BCUT2D eigenvalue weighted by Gasteiger charge is 2.41. The minimum absolute atomic E-state index is 0.0196. The van der Waals surface area contributed by atoms with Gasteiger partial charge in [-0.3, -0.25) is 9.59 Å². The predicted octanol–water partition coefficient (Wildman–Crippen LogP) is 5.40. The predicted molar refractivity (Wildman–Crippen MR) is 116 cm³/mol. The standard InChI is InChI=1S/C25H26F3NO4/c26-25(27,28)20-7-11-22(12-8-20)33-21-9-5-18(6-10-21)17-1-3-19(4-2-17)24(32)29-14-16(15-29)13-23(30)31/h1-6,9-10,16,20,22H,7-8,11-15H2,(H,30,31). The Morgan fingerprint density at radius 3 is 1.97 bits per heavy atom. The van der Waals surface area contributed by atoms with Crippen molar-refractivity contribution in [3.63, 3.8) is 0 Å². The number of carboxylic acid groups (broad SMARTS) is 1. The lowest BCUT2D eigenvalue weighted by Gasteiger charge is -2.38. The molecule has 33 heavy (non-hydrogen) atoms. The van der Waals surface area contributed by atoms with E-state index in [1.165, 1.54) is 0 Å². The summed E-state index contributed by atoms with van der Waals surface area (Å²) in [5.41, 5.74) is 2.42. The molecule has 0 spiro atoms. The number of alkyl halides is 3. The van der Waals surface area contributed by atoms with Gasteiger partial charge in [0.15, 0.2) is 0 Å². The van der Waals surface area contributed by atoms with E-state index in [9.17, 15) is 22.8 Å². The van der Waals surface area contributed by atoms with Crippen LogP contribution in [0.5, 0.6) is 5.75 Å². The molecular weight excluding hydrogens is 435 g/mol. The number of carbonyl (C=O) groups excluding carboxylic acids is 1. The van der Waals surface area contributed by atoms with E-state index in [1.54, 1.807) is 17.0 Å². The molecule has 5 nitrogen and oxygen atoms in total. The third-order valence-corrected chi connectivity index (χ3v) is 6.47. The largest absolute Gasteiger partial charge is 0.490 e. The molecule has 1 aliphatic carbocycles. The molecule has 1 saturated heterocycles. The molecule has 0 unspecified atom stereocenters. The Morgan fingerprint density at radius 1 is 0.909 bits per heavy atom. The maximum atomic E-state index is 12.8. The fourth-order valence-corrected chi connectivity index (χ4v) is 4.53. The number of carboxylic acids is 1. The molecule has 1 heterocycles. The lowest BCUT2D eigenvalue weighted by molar-refractivity contribution is -0.185. The zero-order chi connectivity index (χ0) is 23.6. The van der Waals surface area contributed by atoms with Crippen LogP contribution in [0.4, 0.5) is 13.2 Å². The summed E-state index contributed by atoms with van der Waals surface area (Å²) in [7, 11) is 0. The maximum Gasteiger partial charge on any atom is 0.391 e. The molecule has 2 fully saturated rings. The van der Waals surface area contributed by atoms with Crippen molar-refractivity contribution in [3.05, 3.63) is 54.1 Å². The topological polar surface area (TPSA) is 66.8 Å². The highest BCUT2D eigenvalue weighted by Crippen LogP contribution is 2.38. The fourth-order valence-electron chi connectivity index (χ4n) is 4.53. The van der Waals surface area contributed by atoms with Crippen LogP contribution in [0.3, 0.4) is 0 Å². The number of hydrogen-bond acceptors (Lipinski definition) is 3. The van der Waals surface area contributed by atoms with Gasteiger partial charge in [-0.05, 0) is 61.1 Å². The van der Waals surface area contributed by atoms with Crippen molar-refractivity contribution in [2.45, 2.75) is 44.4 Å². The van der Waals surface area contributed by atoms with E-state index in [0.29, 0.717) is 37.2 Å². The Balaban J connectivity index is 1.29. The molecule has 1 amide bonds. The average molecular weight is 461 g/mol. The summed E-state index contributed by atoms with van der Waals surface area (Å²) in [5.74, 6) is -1.52. The van der Waals surface area contributed by atoms with Gasteiger partial charge < -0.3 is 14.7 Å². The number of hydrogen-bond donors (Lipinski definition) is 1. The van der Waals surface area contributed by atoms with E-state index < -0.39 is 18.1 Å². The van der Waals surface area contributed by atoms with Gasteiger partial charge in [0.1, 0.15) is 5.75 Å². The smallest absolute Gasteiger partial charge is 0.391 e. The zero-order valence-corrected chi connectivity index (χ0v) is 18.1. The SMILES string of the molecule is O=C(O)CC1CN(C(=O)c2ccc(-c3ccc(OC4CCC(C(F)(F)F)CC4)cc3)cc2)C1. The monoisotopic (exact) mass is 461 g/mol. The molecule has 1 saturated carbocycles. The number of amides is 1. The lowest BCUT2D eigenvalue weighted by Crippen LogP contribution is -2.50. The van der Waals surface area contributed by atoms with Gasteiger partial charge in [0.2, 0.25) is 0 Å². The maximum absolute atomic E-state index is 12.8. The number of rotatable bonds is 6. The van der Waals surface area contributed by atoms with Crippen molar-refractivity contribution in [1.82, 2.24) is 4.90 Å². The Morgan fingerprint density at radius 2 is 1.45 bits per heavy atom. The third-order valence-electron chi connectivity index (χ3n) is 6.47. The first-order valence-corrected chi connectivity index (χ1v) is 11.1. The Hall–Kier alpha value is -3.03. The van der Waals surface area contributed by atoms with Crippen LogP contribution >= 0.6 is 0 Å². The van der Waals surface area contributed by atoms with E-state index in [1.807, 2.05) is 36.4 Å². The Labute approximate surface area is 190 Å². The zero-order valence-electron chi connectivity index (χ0n) is 18.1. The van der Waals surface area contributed by atoms with Crippen molar-refractivity contribution in [2.75, 3.05) is 13.1 Å². The lowest BCUT2D eigenvalue weighted by atomic mass is 9.87. The van der Waals surface area contributed by atoms with Crippen LogP contribution in [0.25, 0.3) is 11.1 Å². The second-order valence-electron chi connectivity index (χ2n) is 8.91. The minimum atomic E-state index is -4.12. The Kier molecular flexibility index (Phi) is 6.63. The number of aliphatic carboxylic acids is 1. The summed E-state index contributed by atoms with van der Waals surface area (Å²) in [4.78, 5) is 24.9. The number of benzene rings is 2. The molecule has 8 heteroatoms. The first kappa shape index (κ1) is 23.1. The van der Waals surface area contributed by atoms with E-state index in [-0.39, 0.29) is 37.2 Å². The summed E-state index contributed by atoms with van der Waals surface area (Å²) in [6, 6.07) is 14.6. The average Bonchev–Trinajstić information content (AvgIpc) is 2.76. The van der Waals surface area contributed by atoms with E-state index in [4.69, 9.17) is 9.84 Å². The van der Waals surface area contributed by atoms with Gasteiger partial charge >= 0.3 is 12.1 Å². The molecule has 0 bridgehead atoms. The second kappa shape index (κ2) is 9.45. The van der Waals surface area contributed by atoms with Gasteiger partial charge in [-0.2, -0.15) is 13.2 Å². The molecule has 0 atom stereocenters. The number of likely N-dealkylation sites (tertiary alicyclic amines) is 1. The van der Waals surface area contributed by atoms with Crippen LogP contribution < -0.4 is 4.74 Å². The molecule has 2 aliphatic rings. The van der Waals surface area contributed by atoms with Gasteiger partial charge in [-0.25, -0.2) is 0 Å². The normalized spacial score (nSPS) is 21.4. The van der Waals surface area contributed by atoms with Crippen molar-refractivity contribution < 1.29 is 32.6 Å². The first-order chi connectivity index (χ1) is 15.7. The minimum Gasteiger partial charge on any atom is -0.490 e. The number of carbonyl (C=O) groups is 2. The molecule has 0 aromatic heterocycles. The summed E-state index contributed by atoms with van der Waals surface area (Å²) in [6.45, 7) is 0.929. The van der Waals surface area contributed by atoms with Crippen molar-refractivity contribution in [3.8, 4) is 16.9 Å². The van der Waals surface area contributed by atoms with Gasteiger partial charge in [-0.15, -0.1) is 0 Å². The quantitative estimate of drug-likeness (QED) is 0.626. The van der Waals surface area contributed by atoms with Gasteiger partial charge in [-0.1, -0.05) is 24.3 Å². The Bertz CT molecular complexity index is 974. The first-order valence-electron chi connectivity index (χ1n) is 11.1. The summed E-state index contributed by atoms with van der Waals surface area (Å²) >= 11 is 0. The van der Waals surface area contributed by atoms with Crippen LogP contribution in [-0.2, 0) is 4.79 Å². The number of halogens is 3. The highest BCUT2D eigenvalue weighted by molar-refractivity contribution is 5.95. The number of ether oxygens (including phenoxy) is 1. The molecule has 2 aromatic rings. The van der Waals surface area contributed by atoms with Gasteiger partial charge in [0.05, 0.1) is 18.4 Å². The number of nitrogens with zero attached hydrogens (tertiary/aromatic N) is 1. The van der Waals surface area contributed by atoms with Crippen molar-refractivity contribution in [1.29, 1.82) is 0 Å². The van der Waals surface area contributed by atoms with Gasteiger partial charge in [0, 0.05) is 24.6 Å². The van der Waals surface area contributed by atoms with E-state index in [0.717, 1.165) is 11.1 Å². The second-order valence-corrected chi connectivity index (χ2v) is 8.91. The van der Waals surface area contributed by atoms with Crippen LogP contribution in [0, 0.1) is 11.8 Å². The summed E-state index contributed by atoms with van der Waals surface area (Å²) in [5, 5.41) is 8.82. The van der Waals surface area contributed by atoms with Gasteiger partial charge in [0.25, 0.3) is 5.91 Å². The molecule has 0 radical (unpaired) electrons. The molecule has 1 N–H and O–H groups in total. The van der Waals surface area contributed by atoms with E-state index >= 15 is 0 Å². The van der Waals surface area contributed by atoms with Crippen molar-refractivity contribution in [2.24, 2.45) is 11.8 Å². The third kappa shape index (κ3) is 5.67. The van der Waals surface area contributed by atoms with Crippen LogP contribution in [-0.4, -0.2) is 47.3 Å². The summed E-state index contributed by atoms with van der Waals surface area (Å²) in [6.07, 6.45) is -3.23. The molecule has 2 aromatic carbocycles. The highest BCUT2D eigenvalue weighted by atomic mass is 19.4.